The Morgan fingerprint density at radius 1 is 1.06 bits per heavy atom. The van der Waals surface area contributed by atoms with Gasteiger partial charge in [-0.25, -0.2) is 4.68 Å². The zero-order valence-corrected chi connectivity index (χ0v) is 20.6. The molecule has 0 aliphatic rings. The number of aromatic nitrogens is 2. The van der Waals surface area contributed by atoms with Gasteiger partial charge in [-0.05, 0) is 42.8 Å². The Labute approximate surface area is 212 Å². The van der Waals surface area contributed by atoms with Crippen LogP contribution in [0.4, 0.5) is 0 Å². The Kier molecular flexibility index (Phi) is 9.10. The highest BCUT2D eigenvalue weighted by Gasteiger charge is 2.24. The molecule has 4 rings (SSSR count). The normalized spacial score (nSPS) is 12.1. The number of nitrogens with zero attached hydrogens (tertiary/aromatic N) is 3. The maximum Gasteiger partial charge on any atom is 0.227 e. The predicted octanol–water partition coefficient (Wildman–Crippen LogP) is 5.39. The first kappa shape index (κ1) is 25.4. The number of furan rings is 1. The summed E-state index contributed by atoms with van der Waals surface area (Å²) in [4.78, 5) is 2.13. The molecule has 188 valence electrons. The van der Waals surface area contributed by atoms with Gasteiger partial charge in [-0.2, -0.15) is 5.10 Å². The summed E-state index contributed by atoms with van der Waals surface area (Å²) in [5, 5.41) is 15.6. The molecular weight excluding hydrogens is 454 g/mol. The highest BCUT2D eigenvalue weighted by Crippen LogP contribution is 2.32. The third-order valence-electron chi connectivity index (χ3n) is 5.67. The van der Waals surface area contributed by atoms with Crippen molar-refractivity contribution in [3.05, 3.63) is 109 Å². The van der Waals surface area contributed by atoms with E-state index >= 15 is 0 Å². The molecule has 0 bridgehead atoms. The van der Waals surface area contributed by atoms with Gasteiger partial charge in [-0.1, -0.05) is 49.4 Å². The van der Waals surface area contributed by atoms with Crippen molar-refractivity contribution in [2.75, 3.05) is 19.8 Å². The Balaban J connectivity index is 1.69. The van der Waals surface area contributed by atoms with Crippen molar-refractivity contribution < 1.29 is 19.0 Å². The van der Waals surface area contributed by atoms with Crippen molar-refractivity contribution in [3.8, 4) is 17.3 Å². The molecule has 0 aliphatic heterocycles. The van der Waals surface area contributed by atoms with Crippen LogP contribution in [0.15, 0.2) is 96.1 Å². The van der Waals surface area contributed by atoms with Gasteiger partial charge < -0.3 is 19.0 Å². The molecule has 2 aromatic carbocycles. The van der Waals surface area contributed by atoms with Crippen molar-refractivity contribution in [3.63, 3.8) is 0 Å². The summed E-state index contributed by atoms with van der Waals surface area (Å²) in [5.41, 5.74) is 2.82. The van der Waals surface area contributed by atoms with Crippen LogP contribution in [-0.4, -0.2) is 45.6 Å². The van der Waals surface area contributed by atoms with E-state index in [0.717, 1.165) is 34.9 Å². The van der Waals surface area contributed by atoms with Crippen molar-refractivity contribution in [2.24, 2.45) is 0 Å². The number of para-hydroxylation sites is 2. The summed E-state index contributed by atoms with van der Waals surface area (Å²) >= 11 is 0. The van der Waals surface area contributed by atoms with Gasteiger partial charge in [0.1, 0.15) is 11.5 Å². The van der Waals surface area contributed by atoms with Gasteiger partial charge in [-0.3, -0.25) is 4.90 Å². The summed E-state index contributed by atoms with van der Waals surface area (Å²) in [6, 6.07) is 23.5. The fourth-order valence-corrected chi connectivity index (χ4v) is 4.04. The van der Waals surface area contributed by atoms with Crippen LogP contribution in [0, 0.1) is 0 Å². The molecule has 1 N–H and O–H groups in total. The molecule has 2 aromatic heterocycles. The Morgan fingerprint density at radius 2 is 1.81 bits per heavy atom. The van der Waals surface area contributed by atoms with Crippen LogP contribution < -0.4 is 4.74 Å². The lowest BCUT2D eigenvalue weighted by Gasteiger charge is -2.24. The van der Waals surface area contributed by atoms with Crippen molar-refractivity contribution >= 4 is 0 Å². The number of hydrogen-bond acceptors (Lipinski definition) is 6. The molecule has 7 nitrogen and oxygen atoms in total. The highest BCUT2D eigenvalue weighted by atomic mass is 16.5. The quantitative estimate of drug-likeness (QED) is 0.190. The molecule has 0 saturated carbocycles. The zero-order valence-electron chi connectivity index (χ0n) is 20.6. The SMILES string of the molecule is C=CCOC[C@@H](O)CN(Cc1ccco1)Cc1c(CC)nn(-c2ccccc2)c1Oc1ccccc1. The minimum absolute atomic E-state index is 0.220. The smallest absolute Gasteiger partial charge is 0.227 e. The highest BCUT2D eigenvalue weighted by molar-refractivity contribution is 5.43. The summed E-state index contributed by atoms with van der Waals surface area (Å²) in [6.07, 6.45) is 3.39. The first-order chi connectivity index (χ1) is 17.7. The van der Waals surface area contributed by atoms with Crippen LogP contribution in [0.1, 0.15) is 23.9 Å². The number of ether oxygens (including phenoxy) is 2. The monoisotopic (exact) mass is 487 g/mol. The molecule has 0 amide bonds. The largest absolute Gasteiger partial charge is 0.468 e. The molecule has 7 heteroatoms. The molecule has 0 aliphatic carbocycles. The lowest BCUT2D eigenvalue weighted by Crippen LogP contribution is -2.34. The molecule has 36 heavy (non-hydrogen) atoms. The van der Waals surface area contributed by atoms with Gasteiger partial charge >= 0.3 is 0 Å². The van der Waals surface area contributed by atoms with Crippen molar-refractivity contribution in [2.45, 2.75) is 32.5 Å². The van der Waals surface area contributed by atoms with Crippen LogP contribution >= 0.6 is 0 Å². The number of benzene rings is 2. The molecule has 1 atom stereocenters. The molecule has 0 fully saturated rings. The van der Waals surface area contributed by atoms with Gasteiger partial charge in [-0.15, -0.1) is 6.58 Å². The summed E-state index contributed by atoms with van der Waals surface area (Å²) in [5.74, 6) is 2.20. The average Bonchev–Trinajstić information content (AvgIpc) is 3.53. The molecule has 4 aromatic rings. The van der Waals surface area contributed by atoms with Crippen LogP contribution in [0.2, 0.25) is 0 Å². The van der Waals surface area contributed by atoms with Crippen LogP contribution in [-0.2, 0) is 24.2 Å². The minimum Gasteiger partial charge on any atom is -0.468 e. The van der Waals surface area contributed by atoms with E-state index in [-0.39, 0.29) is 6.61 Å². The maximum absolute atomic E-state index is 10.7. The number of aliphatic hydroxyl groups is 1. The van der Waals surface area contributed by atoms with Gasteiger partial charge in [0.05, 0.1) is 49.1 Å². The summed E-state index contributed by atoms with van der Waals surface area (Å²) in [7, 11) is 0. The molecular formula is C29H33N3O4. The first-order valence-electron chi connectivity index (χ1n) is 12.2. The van der Waals surface area contributed by atoms with E-state index in [4.69, 9.17) is 19.0 Å². The predicted molar refractivity (Wildman–Crippen MR) is 139 cm³/mol. The number of aliphatic hydroxyl groups excluding tert-OH is 1. The van der Waals surface area contributed by atoms with Gasteiger partial charge in [0, 0.05) is 13.1 Å². The third-order valence-corrected chi connectivity index (χ3v) is 5.67. The number of hydrogen-bond donors (Lipinski definition) is 1. The van der Waals surface area contributed by atoms with E-state index in [9.17, 15) is 5.11 Å². The topological polar surface area (TPSA) is 72.9 Å². The zero-order chi connectivity index (χ0) is 25.2. The molecule has 0 saturated heterocycles. The van der Waals surface area contributed by atoms with Crippen LogP contribution in [0.25, 0.3) is 5.69 Å². The lowest BCUT2D eigenvalue weighted by atomic mass is 10.1. The van der Waals surface area contributed by atoms with Crippen LogP contribution in [0.5, 0.6) is 11.6 Å². The Morgan fingerprint density at radius 3 is 2.47 bits per heavy atom. The fraction of sp³-hybridized carbons (Fsp3) is 0.276. The summed E-state index contributed by atoms with van der Waals surface area (Å²) < 4.78 is 19.4. The number of rotatable bonds is 14. The number of aryl methyl sites for hydroxylation is 1. The second-order valence-corrected chi connectivity index (χ2v) is 8.48. The van der Waals surface area contributed by atoms with Crippen molar-refractivity contribution in [1.82, 2.24) is 14.7 Å². The molecule has 0 unspecified atom stereocenters. The van der Waals surface area contributed by atoms with Crippen molar-refractivity contribution in [1.29, 1.82) is 0 Å². The van der Waals surface area contributed by atoms with Gasteiger partial charge in [0.25, 0.3) is 0 Å². The molecule has 2 heterocycles. The second kappa shape index (κ2) is 12.9. The first-order valence-corrected chi connectivity index (χ1v) is 12.2. The minimum atomic E-state index is -0.673. The van der Waals surface area contributed by atoms with E-state index in [2.05, 4.69) is 18.4 Å². The molecule has 0 spiro atoms. The van der Waals surface area contributed by atoms with E-state index in [0.29, 0.717) is 32.1 Å². The van der Waals surface area contributed by atoms with Gasteiger partial charge in [0.15, 0.2) is 0 Å². The Bertz CT molecular complexity index is 1190. The third kappa shape index (κ3) is 6.73. The maximum atomic E-state index is 10.7. The fourth-order valence-electron chi connectivity index (χ4n) is 4.04. The van der Waals surface area contributed by atoms with E-state index < -0.39 is 6.10 Å². The van der Waals surface area contributed by atoms with Gasteiger partial charge in [0.2, 0.25) is 5.88 Å². The van der Waals surface area contributed by atoms with E-state index in [1.54, 1.807) is 12.3 Å². The molecule has 0 radical (unpaired) electrons. The van der Waals surface area contributed by atoms with E-state index in [1.165, 1.54) is 0 Å². The van der Waals surface area contributed by atoms with Crippen LogP contribution in [0.3, 0.4) is 0 Å². The van der Waals surface area contributed by atoms with E-state index in [1.807, 2.05) is 77.5 Å². The Hall–Kier alpha value is -3.65. The standard InChI is InChI=1S/C29H33N3O4/c1-3-17-34-22-24(33)19-31(20-26-16-11-18-35-26)21-27-28(4-2)30-32(23-12-7-5-8-13-23)29(27)36-25-14-9-6-10-15-25/h3,5-16,18,24,33H,1,4,17,19-22H2,2H3/t24-/m0/s1. The summed E-state index contributed by atoms with van der Waals surface area (Å²) in [6.45, 7) is 7.79. The second-order valence-electron chi connectivity index (χ2n) is 8.48. The average molecular weight is 488 g/mol. The lowest BCUT2D eigenvalue weighted by molar-refractivity contribution is 0.0214.